The average molecular weight is 531 g/mol. The SMILES string of the molecule is Cn1cnc(Cn2c(=O)nc(Nc3cc4cn(C)nc4cc3Cl)n(Cc3cc(Cl)c(F)cn3)c2=O)n1. The number of hydrogen-bond acceptors (Lipinski definition) is 8. The number of anilines is 2. The van der Waals surface area contributed by atoms with Crippen LogP contribution in [0.3, 0.4) is 0 Å². The summed E-state index contributed by atoms with van der Waals surface area (Å²) in [7, 11) is 3.44. The molecule has 0 aliphatic carbocycles. The molecular formula is C21H17Cl2FN10O2. The Bertz CT molecular complexity index is 1740. The third kappa shape index (κ3) is 4.57. The molecule has 36 heavy (non-hydrogen) atoms. The zero-order valence-electron chi connectivity index (χ0n) is 18.9. The highest BCUT2D eigenvalue weighted by molar-refractivity contribution is 6.34. The molecule has 4 aromatic heterocycles. The van der Waals surface area contributed by atoms with Crippen LogP contribution in [-0.2, 0) is 27.2 Å². The van der Waals surface area contributed by atoms with Gasteiger partial charge in [0.15, 0.2) is 11.6 Å². The molecule has 0 amide bonds. The van der Waals surface area contributed by atoms with Gasteiger partial charge in [0, 0.05) is 25.7 Å². The summed E-state index contributed by atoms with van der Waals surface area (Å²) in [6.07, 6.45) is 4.19. The Kier molecular flexibility index (Phi) is 6.02. The molecule has 184 valence electrons. The fourth-order valence-corrected chi connectivity index (χ4v) is 3.97. The van der Waals surface area contributed by atoms with E-state index in [0.29, 0.717) is 16.2 Å². The van der Waals surface area contributed by atoms with Gasteiger partial charge in [-0.1, -0.05) is 23.2 Å². The van der Waals surface area contributed by atoms with Crippen LogP contribution >= 0.6 is 23.2 Å². The predicted octanol–water partition coefficient (Wildman–Crippen LogP) is 2.10. The van der Waals surface area contributed by atoms with Crippen LogP contribution < -0.4 is 16.7 Å². The smallest absolute Gasteiger partial charge is 0.324 e. The van der Waals surface area contributed by atoms with Crippen molar-refractivity contribution in [1.29, 1.82) is 0 Å². The number of benzene rings is 1. The number of fused-ring (bicyclic) bond motifs is 1. The highest BCUT2D eigenvalue weighted by Gasteiger charge is 2.18. The minimum atomic E-state index is -0.824. The van der Waals surface area contributed by atoms with Crippen molar-refractivity contribution in [2.75, 3.05) is 5.32 Å². The number of aromatic nitrogens is 9. The molecule has 12 nitrogen and oxygen atoms in total. The van der Waals surface area contributed by atoms with Crippen LogP contribution in [0.15, 0.2) is 46.5 Å². The molecule has 0 unspecified atom stereocenters. The summed E-state index contributed by atoms with van der Waals surface area (Å²) in [5.41, 5.74) is -0.211. The lowest BCUT2D eigenvalue weighted by atomic mass is 10.2. The maximum Gasteiger partial charge on any atom is 0.355 e. The van der Waals surface area contributed by atoms with E-state index in [2.05, 4.69) is 30.5 Å². The Labute approximate surface area is 211 Å². The third-order valence-electron chi connectivity index (χ3n) is 5.24. The van der Waals surface area contributed by atoms with Gasteiger partial charge in [-0.2, -0.15) is 15.2 Å². The summed E-state index contributed by atoms with van der Waals surface area (Å²) in [5.74, 6) is -0.548. The van der Waals surface area contributed by atoms with Crippen molar-refractivity contribution in [3.05, 3.63) is 85.3 Å². The van der Waals surface area contributed by atoms with Gasteiger partial charge in [0.05, 0.1) is 46.2 Å². The van der Waals surface area contributed by atoms with E-state index < -0.39 is 17.2 Å². The van der Waals surface area contributed by atoms with Crippen molar-refractivity contribution in [3.8, 4) is 0 Å². The van der Waals surface area contributed by atoms with Crippen molar-refractivity contribution in [2.45, 2.75) is 13.1 Å². The van der Waals surface area contributed by atoms with Crippen LogP contribution in [0.4, 0.5) is 16.0 Å². The number of nitrogens with one attached hydrogen (secondary N) is 1. The maximum absolute atomic E-state index is 13.6. The number of pyridine rings is 1. The second kappa shape index (κ2) is 9.17. The van der Waals surface area contributed by atoms with Crippen molar-refractivity contribution in [1.82, 2.24) is 43.6 Å². The summed E-state index contributed by atoms with van der Waals surface area (Å²) in [6, 6.07) is 4.66. The van der Waals surface area contributed by atoms with Gasteiger partial charge in [0.2, 0.25) is 5.95 Å². The van der Waals surface area contributed by atoms with Gasteiger partial charge in [-0.25, -0.2) is 23.5 Å². The van der Waals surface area contributed by atoms with Gasteiger partial charge in [-0.05, 0) is 18.2 Å². The highest BCUT2D eigenvalue weighted by atomic mass is 35.5. The monoisotopic (exact) mass is 530 g/mol. The van der Waals surface area contributed by atoms with Crippen LogP contribution in [-0.4, -0.2) is 43.6 Å². The molecule has 0 aliphatic rings. The van der Waals surface area contributed by atoms with Crippen LogP contribution in [0.2, 0.25) is 10.0 Å². The molecule has 4 heterocycles. The normalized spacial score (nSPS) is 11.4. The van der Waals surface area contributed by atoms with Gasteiger partial charge in [-0.15, -0.1) is 0 Å². The van der Waals surface area contributed by atoms with Crippen LogP contribution in [0.25, 0.3) is 10.9 Å². The highest BCUT2D eigenvalue weighted by Crippen LogP contribution is 2.29. The molecule has 5 rings (SSSR count). The Morgan fingerprint density at radius 2 is 1.78 bits per heavy atom. The molecule has 0 aliphatic heterocycles. The Balaban J connectivity index is 1.62. The van der Waals surface area contributed by atoms with E-state index in [4.69, 9.17) is 23.2 Å². The van der Waals surface area contributed by atoms with E-state index in [0.717, 1.165) is 16.2 Å². The first-order valence-electron chi connectivity index (χ1n) is 10.4. The number of hydrogen-bond donors (Lipinski definition) is 1. The summed E-state index contributed by atoms with van der Waals surface area (Å²) >= 11 is 12.3. The Morgan fingerprint density at radius 1 is 0.972 bits per heavy atom. The molecule has 0 saturated heterocycles. The lowest BCUT2D eigenvalue weighted by Gasteiger charge is -2.16. The van der Waals surface area contributed by atoms with Crippen molar-refractivity contribution in [3.63, 3.8) is 0 Å². The van der Waals surface area contributed by atoms with Crippen LogP contribution in [0.1, 0.15) is 11.5 Å². The van der Waals surface area contributed by atoms with Gasteiger partial charge < -0.3 is 5.32 Å². The van der Waals surface area contributed by atoms with Gasteiger partial charge in [0.1, 0.15) is 6.33 Å². The van der Waals surface area contributed by atoms with E-state index in [1.54, 1.807) is 37.1 Å². The second-order valence-electron chi connectivity index (χ2n) is 7.92. The fourth-order valence-electron chi connectivity index (χ4n) is 3.59. The Morgan fingerprint density at radius 3 is 2.50 bits per heavy atom. The maximum atomic E-state index is 13.6. The molecule has 15 heteroatoms. The molecule has 1 aromatic carbocycles. The lowest BCUT2D eigenvalue weighted by molar-refractivity contribution is 0.567. The molecule has 0 saturated carbocycles. The molecule has 0 fully saturated rings. The van der Waals surface area contributed by atoms with E-state index in [1.807, 2.05) is 0 Å². The van der Waals surface area contributed by atoms with Crippen molar-refractivity contribution < 1.29 is 4.39 Å². The van der Waals surface area contributed by atoms with Crippen LogP contribution in [0.5, 0.6) is 0 Å². The minimum Gasteiger partial charge on any atom is -0.324 e. The number of halogens is 3. The van der Waals surface area contributed by atoms with Crippen LogP contribution in [0, 0.1) is 5.82 Å². The molecule has 0 radical (unpaired) electrons. The topological polar surface area (TPSA) is 130 Å². The van der Waals surface area contributed by atoms with E-state index in [-0.39, 0.29) is 35.6 Å². The minimum absolute atomic E-state index is 0.0948. The summed E-state index contributed by atoms with van der Waals surface area (Å²) in [6.45, 7) is -0.372. The number of aryl methyl sites for hydroxylation is 2. The summed E-state index contributed by atoms with van der Waals surface area (Å²) < 4.78 is 18.8. The molecule has 5 aromatic rings. The first-order chi connectivity index (χ1) is 17.2. The third-order valence-corrected chi connectivity index (χ3v) is 5.84. The summed E-state index contributed by atoms with van der Waals surface area (Å²) in [4.78, 5) is 38.5. The zero-order valence-corrected chi connectivity index (χ0v) is 20.4. The lowest BCUT2D eigenvalue weighted by Crippen LogP contribution is -2.43. The zero-order chi connectivity index (χ0) is 25.6. The van der Waals surface area contributed by atoms with Crippen molar-refractivity contribution >= 4 is 45.7 Å². The van der Waals surface area contributed by atoms with Gasteiger partial charge in [0.25, 0.3) is 0 Å². The molecule has 0 atom stereocenters. The molecule has 0 spiro atoms. The average Bonchev–Trinajstić information content (AvgIpc) is 3.40. The fraction of sp³-hybridized carbons (Fsp3) is 0.190. The number of rotatable bonds is 6. The van der Waals surface area contributed by atoms with Gasteiger partial charge in [-0.3, -0.25) is 18.9 Å². The van der Waals surface area contributed by atoms with Crippen molar-refractivity contribution in [2.24, 2.45) is 14.1 Å². The van der Waals surface area contributed by atoms with E-state index in [9.17, 15) is 14.0 Å². The molecule has 0 bridgehead atoms. The molecule has 1 N–H and O–H groups in total. The van der Waals surface area contributed by atoms with E-state index >= 15 is 0 Å². The van der Waals surface area contributed by atoms with Gasteiger partial charge >= 0.3 is 11.4 Å². The predicted molar refractivity (Wildman–Crippen MR) is 130 cm³/mol. The first kappa shape index (κ1) is 23.6. The second-order valence-corrected chi connectivity index (χ2v) is 8.73. The Hall–Kier alpha value is -4.10. The molecular weight excluding hydrogens is 514 g/mol. The standard InChI is InChI=1S/C21H17Cl2FN10O2/c1-31-7-11-3-17(14(23)5-16(11)29-31)27-19-28-20(35)34(9-18-26-10-32(2)30-18)21(36)33(19)8-12-4-13(22)15(24)6-25-12/h3-7,10H,8-9H2,1-2H3,(H,27,28,35). The number of nitrogens with zero attached hydrogens (tertiary/aromatic N) is 9. The quantitative estimate of drug-likeness (QED) is 0.353. The van der Waals surface area contributed by atoms with E-state index in [1.165, 1.54) is 21.6 Å². The summed E-state index contributed by atoms with van der Waals surface area (Å²) in [5, 5.41) is 12.3. The largest absolute Gasteiger partial charge is 0.355 e. The first-order valence-corrected chi connectivity index (χ1v) is 11.2.